The van der Waals surface area contributed by atoms with Crippen LogP contribution in [0.2, 0.25) is 5.02 Å². The van der Waals surface area contributed by atoms with E-state index < -0.39 is 18.3 Å². The van der Waals surface area contributed by atoms with Crippen molar-refractivity contribution >= 4 is 44.3 Å². The van der Waals surface area contributed by atoms with Gasteiger partial charge in [0.2, 0.25) is 0 Å². The molecule has 3 aromatic rings. The first kappa shape index (κ1) is 20.9. The van der Waals surface area contributed by atoms with Gasteiger partial charge in [-0.25, -0.2) is 9.97 Å². The van der Waals surface area contributed by atoms with Crippen LogP contribution in [0.15, 0.2) is 35.1 Å². The van der Waals surface area contributed by atoms with Crippen molar-refractivity contribution in [3.8, 4) is 5.75 Å². The maximum Gasteiger partial charge on any atom is 0.135 e. The lowest BCUT2D eigenvalue weighted by atomic mass is 9.94. The molecule has 2 aromatic carbocycles. The molecule has 7 nitrogen and oxygen atoms in total. The van der Waals surface area contributed by atoms with Gasteiger partial charge in [0.05, 0.1) is 17.0 Å². The van der Waals surface area contributed by atoms with E-state index in [-0.39, 0.29) is 5.92 Å². The van der Waals surface area contributed by atoms with E-state index >= 15 is 0 Å². The van der Waals surface area contributed by atoms with Crippen molar-refractivity contribution in [3.63, 3.8) is 0 Å². The molecule has 2 heterocycles. The first-order valence-electron chi connectivity index (χ1n) is 10.2. The van der Waals surface area contributed by atoms with Gasteiger partial charge in [-0.15, -0.1) is 0 Å². The van der Waals surface area contributed by atoms with E-state index in [1.54, 1.807) is 6.07 Å². The highest BCUT2D eigenvalue weighted by atomic mass is 79.9. The van der Waals surface area contributed by atoms with Crippen LogP contribution in [0, 0.1) is 0 Å². The van der Waals surface area contributed by atoms with Crippen LogP contribution < -0.4 is 15.8 Å². The number of anilines is 1. The van der Waals surface area contributed by atoms with Gasteiger partial charge in [0.25, 0.3) is 0 Å². The molecule has 9 heteroatoms. The van der Waals surface area contributed by atoms with Gasteiger partial charge < -0.3 is 26.0 Å². The van der Waals surface area contributed by atoms with E-state index in [0.29, 0.717) is 35.1 Å². The number of rotatable bonds is 3. The molecule has 4 atom stereocenters. The number of halogens is 2. The molecule has 0 saturated heterocycles. The average Bonchev–Trinajstić information content (AvgIpc) is 3.02. The summed E-state index contributed by atoms with van der Waals surface area (Å²) < 4.78 is 6.98. The van der Waals surface area contributed by atoms with E-state index in [0.717, 1.165) is 39.5 Å². The Morgan fingerprint density at radius 1 is 1.16 bits per heavy atom. The Kier molecular flexibility index (Phi) is 5.52. The summed E-state index contributed by atoms with van der Waals surface area (Å²) in [4.78, 5) is 8.34. The van der Waals surface area contributed by atoms with Gasteiger partial charge >= 0.3 is 0 Å². The summed E-state index contributed by atoms with van der Waals surface area (Å²) in [7, 11) is 0. The number of aromatic nitrogens is 2. The summed E-state index contributed by atoms with van der Waals surface area (Å²) in [5, 5.41) is 26.3. The molecule has 0 radical (unpaired) electrons. The molecule has 0 unspecified atom stereocenters. The van der Waals surface area contributed by atoms with Crippen LogP contribution in [0.4, 0.5) is 5.82 Å². The highest BCUT2D eigenvalue weighted by molar-refractivity contribution is 9.10. The number of aliphatic hydroxyl groups is 2. The summed E-state index contributed by atoms with van der Waals surface area (Å²) in [6.07, 6.45) is 0.184. The minimum absolute atomic E-state index is 0.315. The van der Waals surface area contributed by atoms with Crippen LogP contribution in [-0.2, 0) is 13.0 Å². The first-order chi connectivity index (χ1) is 14.9. The number of nitrogens with zero attached hydrogens (tertiary/aromatic N) is 2. The molecule has 162 valence electrons. The predicted molar refractivity (Wildman–Crippen MR) is 122 cm³/mol. The second kappa shape index (κ2) is 8.18. The molecule has 1 fully saturated rings. The number of ether oxygens (including phenoxy) is 1. The third-order valence-corrected chi connectivity index (χ3v) is 7.06. The Labute approximate surface area is 192 Å². The number of nitrogens with two attached hydrogens (primary N) is 1. The second-order valence-electron chi connectivity index (χ2n) is 8.10. The average molecular weight is 506 g/mol. The van der Waals surface area contributed by atoms with Crippen molar-refractivity contribution in [2.45, 2.75) is 43.6 Å². The summed E-state index contributed by atoms with van der Waals surface area (Å²) >= 11 is 9.84. The highest BCUT2D eigenvalue weighted by Crippen LogP contribution is 2.41. The quantitative estimate of drug-likeness (QED) is 0.433. The van der Waals surface area contributed by atoms with Crippen molar-refractivity contribution in [3.05, 3.63) is 56.8 Å². The van der Waals surface area contributed by atoms with Crippen molar-refractivity contribution in [1.29, 1.82) is 0 Å². The Bertz CT molecular complexity index is 1160. The van der Waals surface area contributed by atoms with Gasteiger partial charge in [-0.2, -0.15) is 0 Å². The lowest BCUT2D eigenvalue weighted by Crippen LogP contribution is -2.34. The molecule has 0 bridgehead atoms. The zero-order valence-corrected chi connectivity index (χ0v) is 18.9. The summed E-state index contributed by atoms with van der Waals surface area (Å²) in [6.45, 7) is 1.58. The number of nitrogens with one attached hydrogen (secondary N) is 1. The van der Waals surface area contributed by atoms with Gasteiger partial charge in [-0.1, -0.05) is 11.6 Å². The molecule has 5 rings (SSSR count). The van der Waals surface area contributed by atoms with Crippen molar-refractivity contribution < 1.29 is 14.9 Å². The minimum Gasteiger partial charge on any atom is -0.487 e. The fraction of sp³-hybridized carbons (Fsp3) is 0.364. The van der Waals surface area contributed by atoms with Crippen LogP contribution >= 0.6 is 27.5 Å². The van der Waals surface area contributed by atoms with Crippen LogP contribution in [0.1, 0.15) is 29.0 Å². The molecular weight excluding hydrogens is 484 g/mol. The zero-order chi connectivity index (χ0) is 21.7. The van der Waals surface area contributed by atoms with Crippen LogP contribution in [0.25, 0.3) is 10.9 Å². The molecular formula is C22H22BrClN4O3. The summed E-state index contributed by atoms with van der Waals surface area (Å²) in [6, 6.07) is 7.53. The van der Waals surface area contributed by atoms with E-state index in [1.807, 2.05) is 18.2 Å². The van der Waals surface area contributed by atoms with Crippen molar-refractivity contribution in [1.82, 2.24) is 15.3 Å². The number of nitrogen functional groups attached to an aromatic ring is 1. The fourth-order valence-corrected chi connectivity index (χ4v) is 5.53. The van der Waals surface area contributed by atoms with Gasteiger partial charge in [0.15, 0.2) is 0 Å². The third-order valence-electron chi connectivity index (χ3n) is 6.22. The second-order valence-corrected chi connectivity index (χ2v) is 9.39. The Morgan fingerprint density at radius 3 is 2.84 bits per heavy atom. The molecule has 1 aliphatic carbocycles. The topological polar surface area (TPSA) is 114 Å². The Hall–Kier alpha value is -1.97. The molecule has 1 aromatic heterocycles. The number of fused-ring (bicyclic) bond motifs is 2. The molecule has 31 heavy (non-hydrogen) atoms. The number of aliphatic hydroxyl groups excluding tert-OH is 2. The van der Waals surface area contributed by atoms with E-state index in [2.05, 4.69) is 31.2 Å². The van der Waals surface area contributed by atoms with Gasteiger partial charge in [-0.05, 0) is 70.7 Å². The standard InChI is InChI=1S/C22H22BrClN4O3/c23-15-4-11(5-16-19(15)22(25)28-9-27-16)13-7-18(21(30)20(13)29)31-17-6-12(24)3-10-1-2-26-8-14(10)17/h3-6,9,13,18,20-21,26,29-30H,1-2,7-8H2,(H2,25,27,28)/t13-,18-,20-,21+/m0/s1. The van der Waals surface area contributed by atoms with E-state index in [4.69, 9.17) is 22.1 Å². The van der Waals surface area contributed by atoms with Crippen LogP contribution in [-0.4, -0.2) is 45.0 Å². The van der Waals surface area contributed by atoms with Crippen LogP contribution in [0.5, 0.6) is 5.75 Å². The number of benzene rings is 2. The van der Waals surface area contributed by atoms with E-state index in [9.17, 15) is 10.2 Å². The van der Waals surface area contributed by atoms with Crippen molar-refractivity contribution in [2.24, 2.45) is 0 Å². The molecule has 0 spiro atoms. The number of hydrogen-bond acceptors (Lipinski definition) is 7. The third kappa shape index (κ3) is 3.76. The monoisotopic (exact) mass is 504 g/mol. The smallest absolute Gasteiger partial charge is 0.135 e. The summed E-state index contributed by atoms with van der Waals surface area (Å²) in [5.41, 5.74) is 9.72. The SMILES string of the molecule is Nc1ncnc2cc([C@@H]3C[C@H](Oc4cc(Cl)cc5c4CNCC5)[C@@H](O)[C@H]3O)cc(Br)c12. The van der Waals surface area contributed by atoms with Crippen molar-refractivity contribution in [2.75, 3.05) is 12.3 Å². The van der Waals surface area contributed by atoms with Gasteiger partial charge in [0, 0.05) is 27.5 Å². The lowest BCUT2D eigenvalue weighted by molar-refractivity contribution is -0.0123. The highest BCUT2D eigenvalue weighted by Gasteiger charge is 2.44. The van der Waals surface area contributed by atoms with E-state index in [1.165, 1.54) is 6.33 Å². The summed E-state index contributed by atoms with van der Waals surface area (Å²) in [5.74, 6) is 0.729. The van der Waals surface area contributed by atoms with Gasteiger partial charge in [-0.3, -0.25) is 0 Å². The largest absolute Gasteiger partial charge is 0.487 e. The predicted octanol–water partition coefficient (Wildman–Crippen LogP) is 2.93. The Balaban J connectivity index is 1.45. The molecule has 5 N–H and O–H groups in total. The number of hydrogen-bond donors (Lipinski definition) is 4. The maximum absolute atomic E-state index is 10.8. The minimum atomic E-state index is -1.03. The molecule has 0 amide bonds. The molecule has 2 aliphatic rings. The van der Waals surface area contributed by atoms with Crippen LogP contribution in [0.3, 0.4) is 0 Å². The normalized spacial score (nSPS) is 25.5. The Morgan fingerprint density at radius 2 is 2.00 bits per heavy atom. The lowest BCUT2D eigenvalue weighted by Gasteiger charge is -2.24. The fourth-order valence-electron chi connectivity index (χ4n) is 4.63. The molecule has 1 saturated carbocycles. The maximum atomic E-state index is 10.8. The zero-order valence-electron chi connectivity index (χ0n) is 16.6. The molecule has 1 aliphatic heterocycles. The first-order valence-corrected chi connectivity index (χ1v) is 11.3. The van der Waals surface area contributed by atoms with Gasteiger partial charge in [0.1, 0.15) is 30.1 Å².